The van der Waals surface area contributed by atoms with Crippen LogP contribution in [0, 0.1) is 0 Å². The number of rotatable bonds is 8. The highest BCUT2D eigenvalue weighted by Gasteiger charge is 2.21. The first-order valence-corrected chi connectivity index (χ1v) is 11.2. The number of benzene rings is 2. The average molecular weight is 474 g/mol. The van der Waals surface area contributed by atoms with Crippen molar-refractivity contribution in [1.29, 1.82) is 0 Å². The molecule has 0 radical (unpaired) electrons. The van der Waals surface area contributed by atoms with E-state index in [9.17, 15) is 13.2 Å². The lowest BCUT2D eigenvalue weighted by Gasteiger charge is -2.21. The van der Waals surface area contributed by atoms with Crippen LogP contribution >= 0.6 is 23.2 Å². The molecule has 0 aromatic heterocycles. The Morgan fingerprint density at radius 1 is 1.07 bits per heavy atom. The van der Waals surface area contributed by atoms with Crippen molar-refractivity contribution >= 4 is 50.5 Å². The molecule has 0 atom stereocenters. The third-order valence-electron chi connectivity index (χ3n) is 4.03. The van der Waals surface area contributed by atoms with Gasteiger partial charge in [-0.25, -0.2) is 13.8 Å². The van der Waals surface area contributed by atoms with Gasteiger partial charge in [0.15, 0.2) is 11.5 Å². The fraction of sp³-hybridized carbons (Fsp3) is 0.263. The molecule has 0 aliphatic rings. The van der Waals surface area contributed by atoms with Gasteiger partial charge in [-0.1, -0.05) is 23.2 Å². The summed E-state index contributed by atoms with van der Waals surface area (Å²) in [5.74, 6) is 0.438. The molecule has 162 valence electrons. The number of methoxy groups -OCH3 is 2. The summed E-state index contributed by atoms with van der Waals surface area (Å²) in [6.45, 7) is 1.20. The minimum atomic E-state index is -3.76. The van der Waals surface area contributed by atoms with Crippen molar-refractivity contribution < 1.29 is 22.7 Å². The highest BCUT2D eigenvalue weighted by molar-refractivity contribution is 7.92. The molecule has 30 heavy (non-hydrogen) atoms. The third-order valence-corrected chi connectivity index (χ3v) is 5.91. The van der Waals surface area contributed by atoms with Gasteiger partial charge in [0.1, 0.15) is 6.54 Å². The number of hydrogen-bond donors (Lipinski definition) is 1. The maximum absolute atomic E-state index is 12.4. The third kappa shape index (κ3) is 6.01. The number of carbonyl (C=O) groups excluding carboxylic acids is 1. The molecule has 0 fully saturated rings. The van der Waals surface area contributed by atoms with E-state index in [-0.39, 0.29) is 15.7 Å². The summed E-state index contributed by atoms with van der Waals surface area (Å²) < 4.78 is 35.7. The lowest BCUT2D eigenvalue weighted by molar-refractivity contribution is -0.119. The summed E-state index contributed by atoms with van der Waals surface area (Å²) >= 11 is 11.8. The van der Waals surface area contributed by atoms with Crippen molar-refractivity contribution in [3.05, 3.63) is 52.0 Å². The zero-order chi connectivity index (χ0) is 22.5. The van der Waals surface area contributed by atoms with Crippen LogP contribution in [0.25, 0.3) is 0 Å². The Bertz CT molecular complexity index is 1070. The van der Waals surface area contributed by atoms with Gasteiger partial charge in [-0.3, -0.25) is 9.10 Å². The van der Waals surface area contributed by atoms with Crippen LogP contribution in [0.5, 0.6) is 11.5 Å². The molecular weight excluding hydrogens is 453 g/mol. The number of carbonyl (C=O) groups is 1. The van der Waals surface area contributed by atoms with Crippen LogP contribution in [0.4, 0.5) is 5.69 Å². The first kappa shape index (κ1) is 23.8. The van der Waals surface area contributed by atoms with Crippen molar-refractivity contribution in [2.45, 2.75) is 6.92 Å². The Balaban J connectivity index is 2.18. The molecule has 0 saturated heterocycles. The summed E-state index contributed by atoms with van der Waals surface area (Å²) in [4.78, 5) is 12.4. The second kappa shape index (κ2) is 10.0. The average Bonchev–Trinajstić information content (AvgIpc) is 2.70. The zero-order valence-electron chi connectivity index (χ0n) is 16.8. The monoisotopic (exact) mass is 473 g/mol. The maximum Gasteiger partial charge on any atom is 0.260 e. The van der Waals surface area contributed by atoms with Crippen molar-refractivity contribution in [2.75, 3.05) is 31.3 Å². The molecule has 1 N–H and O–H groups in total. The molecule has 8 nitrogen and oxygen atoms in total. The zero-order valence-corrected chi connectivity index (χ0v) is 19.1. The molecule has 0 unspecified atom stereocenters. The van der Waals surface area contributed by atoms with Crippen molar-refractivity contribution in [1.82, 2.24) is 5.43 Å². The molecule has 2 rings (SSSR count). The van der Waals surface area contributed by atoms with E-state index in [1.807, 2.05) is 0 Å². The van der Waals surface area contributed by atoms with Crippen molar-refractivity contribution in [3.63, 3.8) is 0 Å². The molecule has 0 aliphatic carbocycles. The van der Waals surface area contributed by atoms with Gasteiger partial charge in [-0.15, -0.1) is 0 Å². The minimum absolute atomic E-state index is 0.172. The van der Waals surface area contributed by atoms with Crippen LogP contribution in [-0.4, -0.2) is 47.1 Å². The molecule has 11 heteroatoms. The number of nitrogens with one attached hydrogen (secondary N) is 1. The number of hydrogen-bond acceptors (Lipinski definition) is 6. The lowest BCUT2D eigenvalue weighted by atomic mass is 10.1. The van der Waals surface area contributed by atoms with Crippen molar-refractivity contribution in [3.8, 4) is 11.5 Å². The Morgan fingerprint density at radius 2 is 1.73 bits per heavy atom. The SMILES string of the molecule is COc1ccc(/C(C)=N/NC(=O)CN(c2ccc(Cl)c(Cl)c2)S(C)(=O)=O)cc1OC. The number of halogens is 2. The lowest BCUT2D eigenvalue weighted by Crippen LogP contribution is -2.39. The largest absolute Gasteiger partial charge is 0.493 e. The molecule has 0 aliphatic heterocycles. The molecule has 0 saturated carbocycles. The summed E-state index contributed by atoms with van der Waals surface area (Å²) in [5, 5.41) is 4.48. The van der Waals surface area contributed by atoms with E-state index in [1.165, 1.54) is 32.4 Å². The number of anilines is 1. The Morgan fingerprint density at radius 3 is 2.30 bits per heavy atom. The summed E-state index contributed by atoms with van der Waals surface area (Å²) in [6.07, 6.45) is 0.987. The Labute approximate surface area is 185 Å². The Hall–Kier alpha value is -2.49. The van der Waals surface area contributed by atoms with Crippen LogP contribution in [-0.2, 0) is 14.8 Å². The van der Waals surface area contributed by atoms with Gasteiger partial charge in [0, 0.05) is 5.56 Å². The smallest absolute Gasteiger partial charge is 0.260 e. The molecule has 2 aromatic rings. The van der Waals surface area contributed by atoms with Gasteiger partial charge in [0.25, 0.3) is 5.91 Å². The van der Waals surface area contributed by atoms with Gasteiger partial charge in [-0.2, -0.15) is 5.10 Å². The Kier molecular flexibility index (Phi) is 7.94. The highest BCUT2D eigenvalue weighted by atomic mass is 35.5. The number of ether oxygens (including phenoxy) is 2. The standard InChI is InChI=1S/C19H21Cl2N3O5S/c1-12(13-5-8-17(28-2)18(9-13)29-3)22-23-19(25)11-24(30(4,26)27)14-6-7-15(20)16(21)10-14/h5-10H,11H2,1-4H3,(H,23,25)/b22-12+. The van der Waals surface area contributed by atoms with Crippen LogP contribution in [0.1, 0.15) is 12.5 Å². The van der Waals surface area contributed by atoms with E-state index >= 15 is 0 Å². The summed E-state index contributed by atoms with van der Waals surface area (Å²) in [5.41, 5.74) is 3.75. The van der Waals surface area contributed by atoms with Gasteiger partial charge < -0.3 is 9.47 Å². The van der Waals surface area contributed by atoms with Crippen molar-refractivity contribution in [2.24, 2.45) is 5.10 Å². The number of nitrogens with zero attached hydrogens (tertiary/aromatic N) is 2. The van der Waals surface area contributed by atoms with E-state index in [0.29, 0.717) is 22.8 Å². The summed E-state index contributed by atoms with van der Waals surface area (Å²) in [6, 6.07) is 9.46. The van der Waals surface area contributed by atoms with E-state index in [4.69, 9.17) is 32.7 Å². The fourth-order valence-corrected chi connectivity index (χ4v) is 3.62. The number of hydrazone groups is 1. The second-order valence-corrected chi connectivity index (χ2v) is 8.89. The normalized spacial score (nSPS) is 11.7. The molecule has 1 amide bonds. The number of sulfonamides is 1. The van der Waals surface area contributed by atoms with Gasteiger partial charge in [-0.05, 0) is 43.3 Å². The fourth-order valence-electron chi connectivity index (χ4n) is 2.48. The van der Waals surface area contributed by atoms with E-state index in [1.54, 1.807) is 25.1 Å². The van der Waals surface area contributed by atoms with Crippen LogP contribution < -0.4 is 19.2 Å². The van der Waals surface area contributed by atoms with E-state index in [2.05, 4.69) is 10.5 Å². The first-order valence-electron chi connectivity index (χ1n) is 8.55. The maximum atomic E-state index is 12.4. The van der Waals surface area contributed by atoms with E-state index in [0.717, 1.165) is 10.6 Å². The summed E-state index contributed by atoms with van der Waals surface area (Å²) in [7, 11) is -0.718. The quantitative estimate of drug-likeness (QED) is 0.468. The van der Waals surface area contributed by atoms with Crippen LogP contribution in [0.3, 0.4) is 0 Å². The second-order valence-electron chi connectivity index (χ2n) is 6.17. The predicted molar refractivity (Wildman–Crippen MR) is 119 cm³/mol. The van der Waals surface area contributed by atoms with Crippen LogP contribution in [0.15, 0.2) is 41.5 Å². The molecule has 2 aromatic carbocycles. The molecule has 0 heterocycles. The minimum Gasteiger partial charge on any atom is -0.493 e. The van der Waals surface area contributed by atoms with E-state index < -0.39 is 22.5 Å². The van der Waals surface area contributed by atoms with Gasteiger partial charge in [0.05, 0.1) is 41.9 Å². The highest BCUT2D eigenvalue weighted by Crippen LogP contribution is 2.29. The number of amides is 1. The molecule has 0 spiro atoms. The molecular formula is C19H21Cl2N3O5S. The van der Waals surface area contributed by atoms with Gasteiger partial charge >= 0.3 is 0 Å². The molecule has 0 bridgehead atoms. The topological polar surface area (TPSA) is 97.3 Å². The van der Waals surface area contributed by atoms with Gasteiger partial charge in [0.2, 0.25) is 10.0 Å². The van der Waals surface area contributed by atoms with Crippen LogP contribution in [0.2, 0.25) is 10.0 Å². The predicted octanol–water partition coefficient (Wildman–Crippen LogP) is 3.32. The first-order chi connectivity index (χ1) is 14.1.